The van der Waals surface area contributed by atoms with E-state index in [1.165, 1.54) is 72.1 Å². The van der Waals surface area contributed by atoms with Gasteiger partial charge in [0.2, 0.25) is 5.69 Å². The molecule has 0 radical (unpaired) electrons. The minimum Gasteiger partial charge on any atom is -0.344 e. The fourth-order valence-corrected chi connectivity index (χ4v) is 10.4. The van der Waals surface area contributed by atoms with E-state index in [1.807, 2.05) is 0 Å². The number of allylic oxidation sites excluding steroid dienone is 4. The Morgan fingerprint density at radius 1 is 0.721 bits per heavy atom. The Bertz CT molecular complexity index is 2810. The number of hydrogen-bond acceptors (Lipinski definition) is 2. The molecule has 3 heteroatoms. The lowest BCUT2D eigenvalue weighted by Gasteiger charge is -2.35. The Hall–Kier alpha value is -6.45. The highest BCUT2D eigenvalue weighted by Crippen LogP contribution is 2.53. The van der Waals surface area contributed by atoms with E-state index in [4.69, 9.17) is 6.58 Å². The summed E-state index contributed by atoms with van der Waals surface area (Å²) in [7, 11) is 0. The van der Waals surface area contributed by atoms with Crippen molar-refractivity contribution in [3.05, 3.63) is 222 Å². The molecule has 3 nitrogen and oxygen atoms in total. The third kappa shape index (κ3) is 7.52. The fraction of sp³-hybridized carbons (Fsp3) is 0.224. The Balaban J connectivity index is 1.05. The zero-order valence-electron chi connectivity index (χ0n) is 36.3. The normalized spacial score (nSPS) is 18.6. The standard InChI is InChI=1S/C58H58N3/c1-6-61-53-32-31-48-24-14-16-26-50(48)56(53)58(5,38-34-46-21-11-8-12-22-46)54(61)36-40-60-42-41-59(51-27-17-18-28-52(51)60)39-35-44(3)57(4,37-33-45-19-9-7-10-20-45)55-43(2)29-30-47-23-13-15-25-49(47)55/h7-32,35-36,39-40H,3,6,33-34,37-38,41-42H2,1-2,4-5H3/q+1. The van der Waals surface area contributed by atoms with Crippen molar-refractivity contribution < 1.29 is 4.58 Å². The van der Waals surface area contributed by atoms with Gasteiger partial charge >= 0.3 is 0 Å². The van der Waals surface area contributed by atoms with E-state index in [2.05, 4.69) is 224 Å². The molecule has 9 rings (SSSR count). The van der Waals surface area contributed by atoms with E-state index in [1.54, 1.807) is 0 Å². The number of anilines is 2. The van der Waals surface area contributed by atoms with Gasteiger partial charge in [-0.1, -0.05) is 153 Å². The molecule has 61 heavy (non-hydrogen) atoms. The van der Waals surface area contributed by atoms with Gasteiger partial charge in [0, 0.05) is 47.1 Å². The molecule has 2 atom stereocenters. The van der Waals surface area contributed by atoms with Crippen molar-refractivity contribution in [2.24, 2.45) is 0 Å². The Labute approximate surface area is 363 Å². The average Bonchev–Trinajstić information content (AvgIpc) is 3.56. The molecule has 304 valence electrons. The first-order valence-corrected chi connectivity index (χ1v) is 22.2. The third-order valence-corrected chi connectivity index (χ3v) is 13.8. The van der Waals surface area contributed by atoms with Gasteiger partial charge < -0.3 is 9.80 Å². The number of nitrogens with zero attached hydrogens (tertiary/aromatic N) is 3. The summed E-state index contributed by atoms with van der Waals surface area (Å²) in [5.41, 5.74) is 12.7. The predicted octanol–water partition coefficient (Wildman–Crippen LogP) is 13.8. The van der Waals surface area contributed by atoms with Crippen LogP contribution in [0.2, 0.25) is 0 Å². The van der Waals surface area contributed by atoms with Crippen LogP contribution < -0.4 is 9.80 Å². The third-order valence-electron chi connectivity index (χ3n) is 13.8. The molecule has 7 aromatic rings. The van der Waals surface area contributed by atoms with Gasteiger partial charge in [-0.05, 0) is 120 Å². The van der Waals surface area contributed by atoms with E-state index >= 15 is 0 Å². The monoisotopic (exact) mass is 796 g/mol. The van der Waals surface area contributed by atoms with Crippen molar-refractivity contribution in [1.82, 2.24) is 0 Å². The zero-order valence-corrected chi connectivity index (χ0v) is 36.3. The van der Waals surface area contributed by atoms with Gasteiger partial charge in [0.15, 0.2) is 12.8 Å². The van der Waals surface area contributed by atoms with E-state index in [9.17, 15) is 0 Å². The lowest BCUT2D eigenvalue weighted by atomic mass is 9.69. The summed E-state index contributed by atoms with van der Waals surface area (Å²) in [6.07, 6.45) is 13.3. The second-order valence-electron chi connectivity index (χ2n) is 17.5. The highest BCUT2D eigenvalue weighted by Gasteiger charge is 2.44. The summed E-state index contributed by atoms with van der Waals surface area (Å²) < 4.78 is 2.46. The summed E-state index contributed by atoms with van der Waals surface area (Å²) in [5.74, 6) is 0. The van der Waals surface area contributed by atoms with Crippen LogP contribution in [0, 0.1) is 6.92 Å². The van der Waals surface area contributed by atoms with E-state index in [0.29, 0.717) is 0 Å². The smallest absolute Gasteiger partial charge is 0.229 e. The number of aryl methyl sites for hydroxylation is 3. The van der Waals surface area contributed by atoms with Gasteiger partial charge in [0.25, 0.3) is 0 Å². The molecule has 0 bridgehead atoms. The second-order valence-corrected chi connectivity index (χ2v) is 17.5. The molecule has 0 aliphatic carbocycles. The number of fused-ring (bicyclic) bond motifs is 5. The molecule has 2 aliphatic rings. The van der Waals surface area contributed by atoms with Crippen LogP contribution in [0.25, 0.3) is 21.5 Å². The quantitative estimate of drug-likeness (QED) is 0.0900. The SMILES string of the molecule is C=C(C=CN1CC[N+](=CC=C2N(CC)c3ccc4ccccc4c3C2(C)CCc2ccccc2)c2ccccc21)C(C)(CCc1ccccc1)c1c(C)ccc2ccccc12. The van der Waals surface area contributed by atoms with E-state index < -0.39 is 0 Å². The maximum absolute atomic E-state index is 4.85. The van der Waals surface area contributed by atoms with Crippen LogP contribution in [0.4, 0.5) is 17.1 Å². The van der Waals surface area contributed by atoms with Crippen LogP contribution >= 0.6 is 0 Å². The lowest BCUT2D eigenvalue weighted by Crippen LogP contribution is -2.33. The van der Waals surface area contributed by atoms with Crippen molar-refractivity contribution in [2.75, 3.05) is 29.4 Å². The molecule has 7 aromatic carbocycles. The summed E-state index contributed by atoms with van der Waals surface area (Å²) >= 11 is 0. The molecule has 0 saturated heterocycles. The zero-order chi connectivity index (χ0) is 42.0. The summed E-state index contributed by atoms with van der Waals surface area (Å²) in [5, 5.41) is 5.25. The van der Waals surface area contributed by atoms with Crippen LogP contribution in [0.15, 0.2) is 194 Å². The first kappa shape index (κ1) is 40.0. The Morgan fingerprint density at radius 3 is 2.08 bits per heavy atom. The van der Waals surface area contributed by atoms with E-state index in [-0.39, 0.29) is 10.8 Å². The van der Waals surface area contributed by atoms with Gasteiger partial charge in [0.05, 0.1) is 6.54 Å². The van der Waals surface area contributed by atoms with Crippen molar-refractivity contribution in [3.8, 4) is 0 Å². The Kier molecular flexibility index (Phi) is 11.1. The molecule has 0 saturated carbocycles. The molecule has 2 aliphatic heterocycles. The largest absolute Gasteiger partial charge is 0.344 e. The summed E-state index contributed by atoms with van der Waals surface area (Å²) in [4.78, 5) is 4.98. The van der Waals surface area contributed by atoms with Crippen LogP contribution in [-0.2, 0) is 23.7 Å². The van der Waals surface area contributed by atoms with Crippen molar-refractivity contribution in [3.63, 3.8) is 0 Å². The van der Waals surface area contributed by atoms with Crippen molar-refractivity contribution >= 4 is 44.8 Å². The van der Waals surface area contributed by atoms with Crippen molar-refractivity contribution in [2.45, 2.75) is 64.2 Å². The predicted molar refractivity (Wildman–Crippen MR) is 261 cm³/mol. The first-order chi connectivity index (χ1) is 29.8. The van der Waals surface area contributed by atoms with Crippen LogP contribution in [0.3, 0.4) is 0 Å². The molecule has 2 unspecified atom stereocenters. The van der Waals surface area contributed by atoms with Gasteiger partial charge in [-0.2, -0.15) is 4.58 Å². The molecule has 0 aromatic heterocycles. The number of likely N-dealkylation sites (N-methyl/N-ethyl adjacent to an activating group) is 1. The number of benzene rings is 7. The topological polar surface area (TPSA) is 9.49 Å². The average molecular weight is 797 g/mol. The highest BCUT2D eigenvalue weighted by atomic mass is 15.2. The highest BCUT2D eigenvalue weighted by molar-refractivity contribution is 5.96. The minimum atomic E-state index is -0.277. The molecular formula is C58H58N3+. The van der Waals surface area contributed by atoms with Crippen LogP contribution in [-0.4, -0.2) is 30.4 Å². The fourth-order valence-electron chi connectivity index (χ4n) is 10.4. The van der Waals surface area contributed by atoms with Crippen molar-refractivity contribution in [1.29, 1.82) is 0 Å². The van der Waals surface area contributed by atoms with E-state index in [0.717, 1.165) is 50.9 Å². The van der Waals surface area contributed by atoms with Gasteiger partial charge in [-0.3, -0.25) is 0 Å². The summed E-state index contributed by atoms with van der Waals surface area (Å²) in [6, 6.07) is 57.7. The number of rotatable bonds is 12. The molecule has 0 fully saturated rings. The maximum atomic E-state index is 4.85. The number of para-hydroxylation sites is 2. The van der Waals surface area contributed by atoms with Crippen LogP contribution in [0.5, 0.6) is 0 Å². The van der Waals surface area contributed by atoms with Gasteiger partial charge in [-0.25, -0.2) is 0 Å². The molecular weight excluding hydrogens is 739 g/mol. The second kappa shape index (κ2) is 16.9. The lowest BCUT2D eigenvalue weighted by molar-refractivity contribution is -0.434. The van der Waals surface area contributed by atoms with Gasteiger partial charge in [-0.15, -0.1) is 0 Å². The van der Waals surface area contributed by atoms with Crippen LogP contribution in [0.1, 0.15) is 61.4 Å². The Morgan fingerprint density at radius 2 is 1.34 bits per heavy atom. The molecule has 0 spiro atoms. The maximum Gasteiger partial charge on any atom is 0.229 e. The molecule has 0 amide bonds. The minimum absolute atomic E-state index is 0.168. The molecule has 2 heterocycles. The molecule has 0 N–H and O–H groups in total. The summed E-state index contributed by atoms with van der Waals surface area (Å²) in [6.45, 7) is 16.9. The number of hydrogen-bond donors (Lipinski definition) is 0. The first-order valence-electron chi connectivity index (χ1n) is 22.2. The van der Waals surface area contributed by atoms with Gasteiger partial charge in [0.1, 0.15) is 5.69 Å².